The molecule has 0 amide bonds. The summed E-state index contributed by atoms with van der Waals surface area (Å²) < 4.78 is 11.1. The molecular formula is C18H23NO2. The van der Waals surface area contributed by atoms with E-state index in [0.29, 0.717) is 0 Å². The summed E-state index contributed by atoms with van der Waals surface area (Å²) in [7, 11) is 1.65. The quantitative estimate of drug-likeness (QED) is 0.879. The Kier molecular flexibility index (Phi) is 5.23. The predicted molar refractivity (Wildman–Crippen MR) is 85.8 cm³/mol. The average molecular weight is 285 g/mol. The summed E-state index contributed by atoms with van der Waals surface area (Å²) in [6.07, 6.45) is 0.890. The number of hydrogen-bond donors (Lipinski definition) is 1. The Morgan fingerprint density at radius 1 is 1.05 bits per heavy atom. The SMILES string of the molecule is CCc1cccc(OC(C)C(N)c2ccc(OC)cc2)c1. The van der Waals surface area contributed by atoms with E-state index in [2.05, 4.69) is 19.1 Å². The van der Waals surface area contributed by atoms with Crippen LogP contribution in [0, 0.1) is 0 Å². The first-order chi connectivity index (χ1) is 10.1. The first kappa shape index (κ1) is 15.4. The van der Waals surface area contributed by atoms with Gasteiger partial charge >= 0.3 is 0 Å². The van der Waals surface area contributed by atoms with Crippen LogP contribution in [0.4, 0.5) is 0 Å². The van der Waals surface area contributed by atoms with Crippen LogP contribution in [0.5, 0.6) is 11.5 Å². The number of rotatable bonds is 6. The van der Waals surface area contributed by atoms with Crippen LogP contribution in [0.1, 0.15) is 31.0 Å². The molecule has 0 radical (unpaired) electrons. The van der Waals surface area contributed by atoms with Crippen LogP contribution in [0.25, 0.3) is 0 Å². The van der Waals surface area contributed by atoms with Crippen molar-refractivity contribution in [1.82, 2.24) is 0 Å². The lowest BCUT2D eigenvalue weighted by Crippen LogP contribution is -2.28. The van der Waals surface area contributed by atoms with Crippen LogP contribution in [0.15, 0.2) is 48.5 Å². The fourth-order valence-electron chi connectivity index (χ4n) is 2.22. The van der Waals surface area contributed by atoms with Crippen LogP contribution in [0.2, 0.25) is 0 Å². The number of hydrogen-bond acceptors (Lipinski definition) is 3. The number of benzene rings is 2. The average Bonchev–Trinajstić information content (AvgIpc) is 2.54. The van der Waals surface area contributed by atoms with E-state index >= 15 is 0 Å². The van der Waals surface area contributed by atoms with Gasteiger partial charge < -0.3 is 15.2 Å². The molecule has 0 aliphatic carbocycles. The van der Waals surface area contributed by atoms with Crippen molar-refractivity contribution in [3.05, 3.63) is 59.7 Å². The highest BCUT2D eigenvalue weighted by molar-refractivity contribution is 5.31. The van der Waals surface area contributed by atoms with Gasteiger partial charge in [-0.3, -0.25) is 0 Å². The molecule has 0 spiro atoms. The maximum atomic E-state index is 6.28. The van der Waals surface area contributed by atoms with E-state index in [1.807, 2.05) is 43.3 Å². The first-order valence-electron chi connectivity index (χ1n) is 7.29. The molecule has 2 aromatic rings. The minimum atomic E-state index is -0.179. The minimum absolute atomic E-state index is 0.106. The summed E-state index contributed by atoms with van der Waals surface area (Å²) >= 11 is 0. The van der Waals surface area contributed by atoms with Crippen molar-refractivity contribution in [3.8, 4) is 11.5 Å². The Hall–Kier alpha value is -2.00. The molecule has 0 bridgehead atoms. The zero-order valence-corrected chi connectivity index (χ0v) is 12.9. The smallest absolute Gasteiger partial charge is 0.120 e. The summed E-state index contributed by atoms with van der Waals surface area (Å²) in [5.41, 5.74) is 8.58. The van der Waals surface area contributed by atoms with Gasteiger partial charge in [0.2, 0.25) is 0 Å². The van der Waals surface area contributed by atoms with Crippen molar-refractivity contribution in [2.75, 3.05) is 7.11 Å². The van der Waals surface area contributed by atoms with Gasteiger partial charge in [0.25, 0.3) is 0 Å². The fourth-order valence-corrected chi connectivity index (χ4v) is 2.22. The zero-order chi connectivity index (χ0) is 15.2. The van der Waals surface area contributed by atoms with Crippen LogP contribution in [0.3, 0.4) is 0 Å². The van der Waals surface area contributed by atoms with E-state index in [1.165, 1.54) is 5.56 Å². The van der Waals surface area contributed by atoms with Crippen molar-refractivity contribution >= 4 is 0 Å². The molecule has 112 valence electrons. The Balaban J connectivity index is 2.05. The molecule has 0 aliphatic rings. The Morgan fingerprint density at radius 3 is 2.38 bits per heavy atom. The van der Waals surface area contributed by atoms with E-state index < -0.39 is 0 Å². The molecule has 3 nitrogen and oxygen atoms in total. The van der Waals surface area contributed by atoms with Gasteiger partial charge in [0.05, 0.1) is 13.2 Å². The number of aryl methyl sites for hydroxylation is 1. The second-order valence-electron chi connectivity index (χ2n) is 5.12. The Morgan fingerprint density at radius 2 is 1.76 bits per heavy atom. The first-order valence-corrected chi connectivity index (χ1v) is 7.29. The third-order valence-electron chi connectivity index (χ3n) is 3.64. The summed E-state index contributed by atoms with van der Waals surface area (Å²) in [4.78, 5) is 0. The third kappa shape index (κ3) is 3.99. The van der Waals surface area contributed by atoms with Crippen LogP contribution in [-0.4, -0.2) is 13.2 Å². The van der Waals surface area contributed by atoms with Crippen LogP contribution >= 0.6 is 0 Å². The van der Waals surface area contributed by atoms with Gasteiger partial charge in [-0.2, -0.15) is 0 Å². The highest BCUT2D eigenvalue weighted by atomic mass is 16.5. The summed E-state index contributed by atoms with van der Waals surface area (Å²) in [6, 6.07) is 15.8. The van der Waals surface area contributed by atoms with E-state index in [0.717, 1.165) is 23.5 Å². The predicted octanol–water partition coefficient (Wildman–Crippen LogP) is 3.72. The van der Waals surface area contributed by atoms with Gasteiger partial charge in [0, 0.05) is 0 Å². The molecule has 2 atom stereocenters. The van der Waals surface area contributed by atoms with E-state index in [4.69, 9.17) is 15.2 Å². The van der Waals surface area contributed by atoms with Crippen molar-refractivity contribution in [1.29, 1.82) is 0 Å². The Labute approximate surface area is 126 Å². The van der Waals surface area contributed by atoms with Crippen molar-refractivity contribution in [2.45, 2.75) is 32.4 Å². The molecule has 2 N–H and O–H groups in total. The number of ether oxygens (including phenoxy) is 2. The van der Waals surface area contributed by atoms with E-state index in [-0.39, 0.29) is 12.1 Å². The fraction of sp³-hybridized carbons (Fsp3) is 0.333. The molecular weight excluding hydrogens is 262 g/mol. The summed E-state index contributed by atoms with van der Waals surface area (Å²) in [5, 5.41) is 0. The normalized spacial score (nSPS) is 13.5. The molecule has 2 rings (SSSR count). The number of nitrogens with two attached hydrogens (primary N) is 1. The van der Waals surface area contributed by atoms with Gasteiger partial charge in [-0.1, -0.05) is 31.2 Å². The van der Waals surface area contributed by atoms with Crippen molar-refractivity contribution in [2.24, 2.45) is 5.73 Å². The topological polar surface area (TPSA) is 44.5 Å². The highest BCUT2D eigenvalue weighted by Gasteiger charge is 2.16. The second-order valence-corrected chi connectivity index (χ2v) is 5.12. The standard InChI is InChI=1S/C18H23NO2/c1-4-14-6-5-7-17(12-14)21-13(2)18(19)15-8-10-16(20-3)11-9-15/h5-13,18H,4,19H2,1-3H3. The summed E-state index contributed by atoms with van der Waals surface area (Å²) in [6.45, 7) is 4.12. The molecule has 0 saturated carbocycles. The molecule has 2 aromatic carbocycles. The van der Waals surface area contributed by atoms with Gasteiger partial charge in [-0.05, 0) is 48.7 Å². The molecule has 0 aliphatic heterocycles. The maximum absolute atomic E-state index is 6.28. The molecule has 0 saturated heterocycles. The van der Waals surface area contributed by atoms with Gasteiger partial charge in [0.1, 0.15) is 17.6 Å². The lowest BCUT2D eigenvalue weighted by atomic mass is 10.0. The third-order valence-corrected chi connectivity index (χ3v) is 3.64. The molecule has 21 heavy (non-hydrogen) atoms. The molecule has 0 fully saturated rings. The van der Waals surface area contributed by atoms with Gasteiger partial charge in [-0.25, -0.2) is 0 Å². The van der Waals surface area contributed by atoms with Gasteiger partial charge in [0.15, 0.2) is 0 Å². The zero-order valence-electron chi connectivity index (χ0n) is 12.9. The Bertz CT molecular complexity index is 566. The molecule has 3 heteroatoms. The largest absolute Gasteiger partial charge is 0.497 e. The highest BCUT2D eigenvalue weighted by Crippen LogP contribution is 2.23. The van der Waals surface area contributed by atoms with Gasteiger partial charge in [-0.15, -0.1) is 0 Å². The molecule has 0 heterocycles. The molecule has 0 aromatic heterocycles. The van der Waals surface area contributed by atoms with Crippen molar-refractivity contribution < 1.29 is 9.47 Å². The number of methoxy groups -OCH3 is 1. The van der Waals surface area contributed by atoms with Crippen LogP contribution < -0.4 is 15.2 Å². The van der Waals surface area contributed by atoms with E-state index in [1.54, 1.807) is 7.11 Å². The lowest BCUT2D eigenvalue weighted by Gasteiger charge is -2.22. The lowest BCUT2D eigenvalue weighted by molar-refractivity contribution is 0.190. The van der Waals surface area contributed by atoms with E-state index in [9.17, 15) is 0 Å². The maximum Gasteiger partial charge on any atom is 0.120 e. The minimum Gasteiger partial charge on any atom is -0.497 e. The second kappa shape index (κ2) is 7.14. The molecule has 2 unspecified atom stereocenters. The monoisotopic (exact) mass is 285 g/mol. The van der Waals surface area contributed by atoms with Crippen LogP contribution in [-0.2, 0) is 6.42 Å². The van der Waals surface area contributed by atoms with Crippen molar-refractivity contribution in [3.63, 3.8) is 0 Å². The summed E-state index contributed by atoms with van der Waals surface area (Å²) in [5.74, 6) is 1.70.